The number of hydrogen-bond acceptors (Lipinski definition) is 8. The summed E-state index contributed by atoms with van der Waals surface area (Å²) in [7, 11) is 3.10. The summed E-state index contributed by atoms with van der Waals surface area (Å²) in [6.45, 7) is 0.778. The number of carbonyl (C=O) groups is 1. The third kappa shape index (κ3) is 4.00. The zero-order valence-corrected chi connectivity index (χ0v) is 22.6. The SMILES string of the molecule is COc1ccc(C23Oc4cc(OCCCCN=[N+]=[N-])cc(OC)c4C2(O)C2OC(=O)NC2C3c2ccccc2)cc1. The summed E-state index contributed by atoms with van der Waals surface area (Å²) in [5.41, 5.74) is 7.16. The molecule has 11 heteroatoms. The maximum Gasteiger partial charge on any atom is 0.407 e. The van der Waals surface area contributed by atoms with Crippen LogP contribution in [0.15, 0.2) is 71.8 Å². The number of methoxy groups -OCH3 is 2. The maximum absolute atomic E-state index is 13.0. The fraction of sp³-hybridized carbons (Fsp3) is 0.367. The quantitative estimate of drug-likeness (QED) is 0.155. The number of ether oxygens (including phenoxy) is 5. The normalized spacial score (nSPS) is 26.9. The molecule has 11 nitrogen and oxygen atoms in total. The lowest BCUT2D eigenvalue weighted by molar-refractivity contribution is -0.147. The van der Waals surface area contributed by atoms with Crippen LogP contribution < -0.4 is 24.3 Å². The molecule has 6 rings (SSSR count). The first-order valence-electron chi connectivity index (χ1n) is 13.4. The zero-order valence-electron chi connectivity index (χ0n) is 22.6. The van der Waals surface area contributed by atoms with Crippen molar-refractivity contribution >= 4 is 6.09 Å². The number of aliphatic hydroxyl groups is 1. The molecule has 41 heavy (non-hydrogen) atoms. The third-order valence-electron chi connectivity index (χ3n) is 8.19. The average molecular weight is 559 g/mol. The molecule has 3 aliphatic rings. The van der Waals surface area contributed by atoms with Gasteiger partial charge in [-0.15, -0.1) is 0 Å². The number of benzene rings is 3. The van der Waals surface area contributed by atoms with Gasteiger partial charge in [-0.25, -0.2) is 4.79 Å². The van der Waals surface area contributed by atoms with Crippen LogP contribution in [0.3, 0.4) is 0 Å². The van der Waals surface area contributed by atoms with E-state index >= 15 is 0 Å². The molecule has 2 aliphatic heterocycles. The molecule has 0 spiro atoms. The molecule has 2 heterocycles. The molecule has 2 N–H and O–H groups in total. The molecule has 212 valence electrons. The lowest BCUT2D eigenvalue weighted by Gasteiger charge is -2.41. The van der Waals surface area contributed by atoms with Crippen molar-refractivity contribution in [1.82, 2.24) is 5.32 Å². The number of amides is 1. The molecular formula is C30H30N4O7. The minimum atomic E-state index is -1.83. The minimum Gasteiger partial charge on any atom is -0.497 e. The molecule has 3 aromatic rings. The number of hydrogen-bond donors (Lipinski definition) is 2. The summed E-state index contributed by atoms with van der Waals surface area (Å²) >= 11 is 0. The highest BCUT2D eigenvalue weighted by molar-refractivity contribution is 5.74. The fourth-order valence-electron chi connectivity index (χ4n) is 6.57. The summed E-state index contributed by atoms with van der Waals surface area (Å²) in [6, 6.07) is 19.8. The topological polar surface area (TPSA) is 144 Å². The molecule has 1 amide bonds. The standard InChI is InChI=1S/C30H30N4O7/c1-37-20-12-10-19(11-13-20)30-24(18-8-4-3-5-9-18)26-27(40-28(35)33-26)29(30,36)25-22(38-2)16-21(17-23(25)41-30)39-15-7-6-14-32-34-31/h3-5,8-13,16-17,24,26-27,36H,6-7,14-15H2,1-2H3,(H,33,35). The number of nitrogens with one attached hydrogen (secondary N) is 1. The molecule has 5 unspecified atom stereocenters. The van der Waals surface area contributed by atoms with E-state index in [9.17, 15) is 9.90 Å². The van der Waals surface area contributed by atoms with Gasteiger partial charge in [0.1, 0.15) is 23.0 Å². The Morgan fingerprint density at radius 1 is 1.05 bits per heavy atom. The van der Waals surface area contributed by atoms with E-state index in [1.807, 2.05) is 54.6 Å². The van der Waals surface area contributed by atoms with Gasteiger partial charge in [0.05, 0.1) is 38.3 Å². The summed E-state index contributed by atoms with van der Waals surface area (Å²) < 4.78 is 30.0. The lowest BCUT2D eigenvalue weighted by atomic mass is 9.71. The fourth-order valence-corrected chi connectivity index (χ4v) is 6.57. The number of unbranched alkanes of at least 4 members (excludes halogenated alkanes) is 1. The van der Waals surface area contributed by atoms with E-state index in [4.69, 9.17) is 29.2 Å². The van der Waals surface area contributed by atoms with E-state index < -0.39 is 35.4 Å². The van der Waals surface area contributed by atoms with Crippen LogP contribution in [-0.4, -0.2) is 50.7 Å². The van der Waals surface area contributed by atoms with Gasteiger partial charge in [-0.3, -0.25) is 0 Å². The zero-order chi connectivity index (χ0) is 28.6. The number of alkyl carbamates (subject to hydrolysis) is 1. The second-order valence-corrected chi connectivity index (χ2v) is 10.2. The third-order valence-corrected chi connectivity index (χ3v) is 8.19. The molecule has 1 aliphatic carbocycles. The van der Waals surface area contributed by atoms with E-state index in [1.54, 1.807) is 19.2 Å². The van der Waals surface area contributed by atoms with Crippen LogP contribution in [-0.2, 0) is 15.9 Å². The maximum atomic E-state index is 13.0. The van der Waals surface area contributed by atoms with E-state index in [-0.39, 0.29) is 0 Å². The Bertz CT molecular complexity index is 1490. The summed E-state index contributed by atoms with van der Waals surface area (Å²) in [6.07, 6.45) is -0.223. The molecule has 1 saturated heterocycles. The lowest BCUT2D eigenvalue weighted by Crippen LogP contribution is -2.52. The summed E-state index contributed by atoms with van der Waals surface area (Å²) in [5.74, 6) is 1.32. The minimum absolute atomic E-state index is 0.347. The number of carbonyl (C=O) groups excluding carboxylic acids is 1. The highest BCUT2D eigenvalue weighted by Crippen LogP contribution is 2.69. The largest absolute Gasteiger partial charge is 0.497 e. The van der Waals surface area contributed by atoms with E-state index in [0.29, 0.717) is 60.1 Å². The van der Waals surface area contributed by atoms with Crippen molar-refractivity contribution in [3.05, 3.63) is 93.9 Å². The molecule has 3 aromatic carbocycles. The van der Waals surface area contributed by atoms with Crippen LogP contribution in [0.1, 0.15) is 35.4 Å². The van der Waals surface area contributed by atoms with Crippen molar-refractivity contribution in [2.24, 2.45) is 5.11 Å². The van der Waals surface area contributed by atoms with Crippen LogP contribution in [0.4, 0.5) is 4.79 Å². The molecule has 1 saturated carbocycles. The van der Waals surface area contributed by atoms with Crippen LogP contribution in [0, 0.1) is 0 Å². The van der Waals surface area contributed by atoms with E-state index in [0.717, 1.165) is 5.56 Å². The highest BCUT2D eigenvalue weighted by Gasteiger charge is 2.80. The van der Waals surface area contributed by atoms with Crippen molar-refractivity contribution in [2.75, 3.05) is 27.4 Å². The van der Waals surface area contributed by atoms with Crippen molar-refractivity contribution in [2.45, 2.75) is 42.1 Å². The molecular weight excluding hydrogens is 528 g/mol. The summed E-state index contributed by atoms with van der Waals surface area (Å²) in [4.78, 5) is 15.4. The molecule has 5 atom stereocenters. The van der Waals surface area contributed by atoms with E-state index in [2.05, 4.69) is 15.3 Å². The highest BCUT2D eigenvalue weighted by atomic mass is 16.6. The molecule has 0 aromatic heterocycles. The number of rotatable bonds is 10. The van der Waals surface area contributed by atoms with Crippen molar-refractivity contribution < 1.29 is 33.6 Å². The van der Waals surface area contributed by atoms with Gasteiger partial charge in [0.15, 0.2) is 17.3 Å². The molecule has 0 bridgehead atoms. The Morgan fingerprint density at radius 3 is 2.54 bits per heavy atom. The van der Waals surface area contributed by atoms with Crippen LogP contribution in [0.2, 0.25) is 0 Å². The molecule has 0 radical (unpaired) electrons. The first kappa shape index (κ1) is 26.6. The van der Waals surface area contributed by atoms with Crippen LogP contribution in [0.5, 0.6) is 23.0 Å². The first-order chi connectivity index (χ1) is 20.0. The first-order valence-corrected chi connectivity index (χ1v) is 13.4. The smallest absolute Gasteiger partial charge is 0.407 e. The monoisotopic (exact) mass is 558 g/mol. The van der Waals surface area contributed by atoms with Gasteiger partial charge in [0.2, 0.25) is 0 Å². The van der Waals surface area contributed by atoms with Gasteiger partial charge in [0.25, 0.3) is 0 Å². The Morgan fingerprint density at radius 2 is 1.83 bits per heavy atom. The van der Waals surface area contributed by atoms with Crippen molar-refractivity contribution in [1.29, 1.82) is 0 Å². The Labute approximate surface area is 236 Å². The van der Waals surface area contributed by atoms with Crippen molar-refractivity contribution in [3.63, 3.8) is 0 Å². The number of nitrogens with zero attached hydrogens (tertiary/aromatic N) is 3. The second kappa shape index (κ2) is 10.4. The van der Waals surface area contributed by atoms with Gasteiger partial charge in [-0.1, -0.05) is 47.6 Å². The predicted octanol–water partition coefficient (Wildman–Crippen LogP) is 4.92. The van der Waals surface area contributed by atoms with Crippen LogP contribution in [0.25, 0.3) is 10.4 Å². The average Bonchev–Trinajstić information content (AvgIpc) is 3.57. The van der Waals surface area contributed by atoms with Gasteiger partial charge in [0, 0.05) is 23.6 Å². The Balaban J connectivity index is 1.50. The van der Waals surface area contributed by atoms with Gasteiger partial charge in [-0.05, 0) is 41.6 Å². The Kier molecular flexibility index (Phi) is 6.76. The van der Waals surface area contributed by atoms with E-state index in [1.165, 1.54) is 7.11 Å². The van der Waals surface area contributed by atoms with Gasteiger partial charge in [-0.2, -0.15) is 0 Å². The Hall–Kier alpha value is -4.60. The number of azide groups is 1. The predicted molar refractivity (Wildman–Crippen MR) is 147 cm³/mol. The van der Waals surface area contributed by atoms with Crippen LogP contribution >= 0.6 is 0 Å². The van der Waals surface area contributed by atoms with Gasteiger partial charge < -0.3 is 34.1 Å². The summed E-state index contributed by atoms with van der Waals surface area (Å²) in [5, 5.41) is 19.5. The van der Waals surface area contributed by atoms with Gasteiger partial charge >= 0.3 is 6.09 Å². The second-order valence-electron chi connectivity index (χ2n) is 10.2. The molecule has 2 fully saturated rings. The van der Waals surface area contributed by atoms with Crippen molar-refractivity contribution in [3.8, 4) is 23.0 Å². The number of fused-ring (bicyclic) bond motifs is 5.